The van der Waals surface area contributed by atoms with Gasteiger partial charge in [-0.3, -0.25) is 0 Å². The van der Waals surface area contributed by atoms with E-state index in [9.17, 15) is 0 Å². The number of halogens is 1. The summed E-state index contributed by atoms with van der Waals surface area (Å²) in [4.78, 5) is 1.26. The number of rotatable bonds is 4. The van der Waals surface area contributed by atoms with Crippen LogP contribution in [0.15, 0.2) is 46.3 Å². The molecule has 0 aliphatic heterocycles. The highest BCUT2D eigenvalue weighted by molar-refractivity contribution is 9.11. The third-order valence-electron chi connectivity index (χ3n) is 2.04. The van der Waals surface area contributed by atoms with Crippen molar-refractivity contribution >= 4 is 35.8 Å². The van der Waals surface area contributed by atoms with Crippen LogP contribution in [0.3, 0.4) is 0 Å². The highest BCUT2D eigenvalue weighted by atomic mass is 79.9. The fourth-order valence-electron chi connectivity index (χ4n) is 1.28. The molecule has 3 heteroatoms. The molecule has 0 saturated heterocycles. The third-order valence-corrected chi connectivity index (χ3v) is 4.37. The van der Waals surface area contributed by atoms with Gasteiger partial charge in [0.1, 0.15) is 8.07 Å². The van der Waals surface area contributed by atoms with Crippen LogP contribution >= 0.6 is 27.7 Å². The van der Waals surface area contributed by atoms with E-state index in [-0.39, 0.29) is 5.25 Å². The summed E-state index contributed by atoms with van der Waals surface area (Å²) in [7, 11) is -1.31. The second-order valence-corrected chi connectivity index (χ2v) is 12.3. The van der Waals surface area contributed by atoms with E-state index in [4.69, 9.17) is 0 Å². The van der Waals surface area contributed by atoms with Crippen LogP contribution in [0.1, 0.15) is 6.42 Å². The van der Waals surface area contributed by atoms with Crippen molar-refractivity contribution in [2.24, 2.45) is 0 Å². The van der Waals surface area contributed by atoms with Crippen molar-refractivity contribution in [3.05, 3.63) is 41.4 Å². The molecule has 0 heterocycles. The zero-order valence-electron chi connectivity index (χ0n) is 11.2. The molecule has 0 saturated carbocycles. The molecule has 0 radical (unpaired) electrons. The Labute approximate surface area is 124 Å². The van der Waals surface area contributed by atoms with Crippen molar-refractivity contribution < 1.29 is 0 Å². The van der Waals surface area contributed by atoms with E-state index < -0.39 is 8.07 Å². The first-order valence-corrected chi connectivity index (χ1v) is 11.1. The normalized spacial score (nSPS) is 12.4. The molecule has 1 aromatic carbocycles. The van der Waals surface area contributed by atoms with Crippen LogP contribution < -0.4 is 0 Å². The first-order chi connectivity index (χ1) is 8.37. The summed E-state index contributed by atoms with van der Waals surface area (Å²) in [6.45, 7) is 10.7. The summed E-state index contributed by atoms with van der Waals surface area (Å²) in [5.41, 5.74) is 3.45. The Morgan fingerprint density at radius 1 is 1.33 bits per heavy atom. The average Bonchev–Trinajstić information content (AvgIpc) is 2.25. The summed E-state index contributed by atoms with van der Waals surface area (Å²) in [5.74, 6) is 3.42. The van der Waals surface area contributed by atoms with Gasteiger partial charge in [0, 0.05) is 11.3 Å². The minimum absolute atomic E-state index is 0.283. The van der Waals surface area contributed by atoms with Crippen molar-refractivity contribution in [3.8, 4) is 11.5 Å². The number of thioether (sulfide) groups is 1. The van der Waals surface area contributed by atoms with E-state index in [0.717, 1.165) is 10.9 Å². The zero-order valence-corrected chi connectivity index (χ0v) is 14.6. The minimum atomic E-state index is -1.31. The van der Waals surface area contributed by atoms with Gasteiger partial charge in [0.15, 0.2) is 0 Å². The van der Waals surface area contributed by atoms with Gasteiger partial charge < -0.3 is 0 Å². The Balaban J connectivity index is 2.78. The highest BCUT2D eigenvalue weighted by Crippen LogP contribution is 2.28. The lowest BCUT2D eigenvalue weighted by Gasteiger charge is -2.11. The molecular formula is C15H19BrSSi. The Bertz CT molecular complexity index is 451. The largest absolute Gasteiger partial charge is 0.131 e. The molecule has 0 nitrogen and oxygen atoms in total. The molecular weight excluding hydrogens is 320 g/mol. The van der Waals surface area contributed by atoms with E-state index in [0.29, 0.717) is 0 Å². The molecule has 1 aromatic rings. The van der Waals surface area contributed by atoms with Crippen LogP contribution in [-0.4, -0.2) is 13.3 Å². The van der Waals surface area contributed by atoms with Crippen molar-refractivity contribution in [3.63, 3.8) is 0 Å². The highest BCUT2D eigenvalue weighted by Gasteiger charge is 2.12. The van der Waals surface area contributed by atoms with Crippen molar-refractivity contribution in [2.45, 2.75) is 36.2 Å². The fourth-order valence-corrected chi connectivity index (χ4v) is 3.58. The monoisotopic (exact) mass is 338 g/mol. The fraction of sp³-hybridized carbons (Fsp3) is 0.333. The Kier molecular flexibility index (Phi) is 6.27. The second kappa shape index (κ2) is 7.23. The predicted molar refractivity (Wildman–Crippen MR) is 89.9 cm³/mol. The van der Waals surface area contributed by atoms with E-state index in [2.05, 4.69) is 77.9 Å². The van der Waals surface area contributed by atoms with Gasteiger partial charge in [-0.1, -0.05) is 66.3 Å². The lowest BCUT2D eigenvalue weighted by atomic mass is 10.3. The number of hydrogen-bond acceptors (Lipinski definition) is 1. The van der Waals surface area contributed by atoms with Crippen LogP contribution in [0.2, 0.25) is 19.6 Å². The number of hydrogen-bond donors (Lipinski definition) is 0. The Morgan fingerprint density at radius 3 is 2.44 bits per heavy atom. The van der Waals surface area contributed by atoms with Gasteiger partial charge in [-0.15, -0.1) is 17.3 Å². The van der Waals surface area contributed by atoms with Gasteiger partial charge >= 0.3 is 0 Å². The molecule has 1 rings (SSSR count). The SMILES string of the molecule is C=C(Br)CC(C#C[Si](C)(C)C)Sc1ccccc1. The van der Waals surface area contributed by atoms with E-state index >= 15 is 0 Å². The molecule has 0 amide bonds. The van der Waals surface area contributed by atoms with Crippen LogP contribution in [0.4, 0.5) is 0 Å². The number of benzene rings is 1. The molecule has 96 valence electrons. The van der Waals surface area contributed by atoms with Crippen LogP contribution in [0, 0.1) is 11.5 Å². The average molecular weight is 339 g/mol. The molecule has 18 heavy (non-hydrogen) atoms. The van der Waals surface area contributed by atoms with E-state index in [1.807, 2.05) is 17.8 Å². The molecule has 1 unspecified atom stereocenters. The standard InChI is InChI=1S/C15H19BrSSi/c1-13(16)12-15(10-11-18(2,3)4)17-14-8-6-5-7-9-14/h5-9,15H,1,12H2,2-4H3. The van der Waals surface area contributed by atoms with Gasteiger partial charge in [0.2, 0.25) is 0 Å². The second-order valence-electron chi connectivity index (χ2n) is 5.16. The molecule has 0 aromatic heterocycles. The summed E-state index contributed by atoms with van der Waals surface area (Å²) in [5, 5.41) is 0.283. The molecule has 0 spiro atoms. The van der Waals surface area contributed by atoms with Gasteiger partial charge in [0.25, 0.3) is 0 Å². The zero-order chi connectivity index (χ0) is 13.6. The van der Waals surface area contributed by atoms with Crippen molar-refractivity contribution in [1.29, 1.82) is 0 Å². The maximum absolute atomic E-state index is 3.93. The van der Waals surface area contributed by atoms with Crippen LogP contribution in [-0.2, 0) is 0 Å². The van der Waals surface area contributed by atoms with Gasteiger partial charge in [-0.05, 0) is 16.6 Å². The maximum Gasteiger partial charge on any atom is 0.129 e. The van der Waals surface area contributed by atoms with E-state index in [1.54, 1.807) is 0 Å². The molecule has 0 aliphatic carbocycles. The summed E-state index contributed by atoms with van der Waals surface area (Å²) in [6.07, 6.45) is 0.886. The lowest BCUT2D eigenvalue weighted by Crippen LogP contribution is -2.17. The lowest BCUT2D eigenvalue weighted by molar-refractivity contribution is 1.09. The summed E-state index contributed by atoms with van der Waals surface area (Å²) >= 11 is 5.26. The minimum Gasteiger partial charge on any atom is -0.131 e. The third kappa shape index (κ3) is 7.10. The molecule has 0 N–H and O–H groups in total. The number of allylic oxidation sites excluding steroid dienone is 1. The van der Waals surface area contributed by atoms with Gasteiger partial charge in [-0.25, -0.2) is 0 Å². The van der Waals surface area contributed by atoms with Crippen LogP contribution in [0.25, 0.3) is 0 Å². The molecule has 0 bridgehead atoms. The quantitative estimate of drug-likeness (QED) is 0.406. The van der Waals surface area contributed by atoms with Gasteiger partial charge in [0.05, 0.1) is 5.25 Å². The Morgan fingerprint density at radius 2 is 1.94 bits per heavy atom. The maximum atomic E-state index is 3.93. The summed E-state index contributed by atoms with van der Waals surface area (Å²) < 4.78 is 1.01. The molecule has 1 atom stereocenters. The van der Waals surface area contributed by atoms with Crippen molar-refractivity contribution in [1.82, 2.24) is 0 Å². The van der Waals surface area contributed by atoms with Crippen LogP contribution in [0.5, 0.6) is 0 Å². The Hall–Kier alpha value is -0.433. The predicted octanol–water partition coefficient (Wildman–Crippen LogP) is 5.33. The molecule has 0 fully saturated rings. The molecule has 0 aliphatic rings. The van der Waals surface area contributed by atoms with E-state index in [1.165, 1.54) is 4.90 Å². The van der Waals surface area contributed by atoms with Crippen molar-refractivity contribution in [2.75, 3.05) is 0 Å². The van der Waals surface area contributed by atoms with Gasteiger partial charge in [-0.2, -0.15) is 0 Å². The first kappa shape index (κ1) is 15.6. The summed E-state index contributed by atoms with van der Waals surface area (Å²) in [6, 6.07) is 10.4. The topological polar surface area (TPSA) is 0 Å². The smallest absolute Gasteiger partial charge is 0.129 e. The first-order valence-electron chi connectivity index (χ1n) is 5.94.